The largest absolute Gasteiger partial charge is 0.342 e. The van der Waals surface area contributed by atoms with Crippen molar-refractivity contribution in [2.75, 3.05) is 38.6 Å². The van der Waals surface area contributed by atoms with Crippen LogP contribution in [0.4, 0.5) is 5.69 Å². The first-order valence-electron chi connectivity index (χ1n) is 11.4. The summed E-state index contributed by atoms with van der Waals surface area (Å²) in [5.74, 6) is 0.256. The Hall–Kier alpha value is -2.67. The van der Waals surface area contributed by atoms with Crippen LogP contribution in [-0.4, -0.2) is 71.6 Å². The van der Waals surface area contributed by atoms with Crippen molar-refractivity contribution in [3.05, 3.63) is 47.8 Å². The molecule has 0 bridgehead atoms. The van der Waals surface area contributed by atoms with Crippen LogP contribution in [0.2, 0.25) is 0 Å². The van der Waals surface area contributed by atoms with Gasteiger partial charge in [0.2, 0.25) is 5.91 Å². The molecule has 2 fully saturated rings. The van der Waals surface area contributed by atoms with Crippen LogP contribution in [0.1, 0.15) is 60.5 Å². The first kappa shape index (κ1) is 21.6. The van der Waals surface area contributed by atoms with E-state index in [1.165, 1.54) is 12.8 Å². The zero-order valence-corrected chi connectivity index (χ0v) is 18.6. The predicted molar refractivity (Wildman–Crippen MR) is 121 cm³/mol. The number of piperidine rings is 2. The zero-order valence-electron chi connectivity index (χ0n) is 18.6. The van der Waals surface area contributed by atoms with Gasteiger partial charge >= 0.3 is 0 Å². The molecule has 2 saturated heterocycles. The van der Waals surface area contributed by atoms with E-state index in [2.05, 4.69) is 22.1 Å². The van der Waals surface area contributed by atoms with Crippen molar-refractivity contribution in [2.45, 2.75) is 50.5 Å². The van der Waals surface area contributed by atoms with E-state index in [1.54, 1.807) is 18.1 Å². The second-order valence-corrected chi connectivity index (χ2v) is 8.91. The number of amides is 2. The molecule has 2 aliphatic rings. The second kappa shape index (κ2) is 9.64. The van der Waals surface area contributed by atoms with Crippen LogP contribution in [0.5, 0.6) is 0 Å². The molecule has 3 heterocycles. The molecule has 2 amide bonds. The molecule has 1 N–H and O–H groups in total. The maximum atomic E-state index is 13.2. The van der Waals surface area contributed by atoms with Crippen molar-refractivity contribution in [3.8, 4) is 0 Å². The number of benzene rings is 1. The Labute approximate surface area is 184 Å². The lowest BCUT2D eigenvalue weighted by Crippen LogP contribution is -2.44. The van der Waals surface area contributed by atoms with Crippen LogP contribution in [0.3, 0.4) is 0 Å². The van der Waals surface area contributed by atoms with E-state index in [0.717, 1.165) is 43.7 Å². The summed E-state index contributed by atoms with van der Waals surface area (Å²) in [6, 6.07) is 9.96. The number of anilines is 1. The third-order valence-corrected chi connectivity index (χ3v) is 6.86. The van der Waals surface area contributed by atoms with Crippen LogP contribution in [0.25, 0.3) is 0 Å². The third kappa shape index (κ3) is 4.82. The molecule has 7 heteroatoms. The molecule has 166 valence electrons. The monoisotopic (exact) mass is 423 g/mol. The SMILES string of the molecule is CN(C(=O)c1cn[nH]c1[C@H]1CCCN(C(=O)C[C@@H]2CCCCN2C)C1)c1ccccc1. The van der Waals surface area contributed by atoms with Gasteiger partial charge in [-0.25, -0.2) is 0 Å². The van der Waals surface area contributed by atoms with Gasteiger partial charge < -0.3 is 14.7 Å². The first-order valence-corrected chi connectivity index (χ1v) is 11.4. The van der Waals surface area contributed by atoms with Gasteiger partial charge in [-0.15, -0.1) is 0 Å². The first-order chi connectivity index (χ1) is 15.0. The summed E-state index contributed by atoms with van der Waals surface area (Å²) in [4.78, 5) is 32.2. The third-order valence-electron chi connectivity index (χ3n) is 6.86. The average molecular weight is 424 g/mol. The molecular weight excluding hydrogens is 390 g/mol. The molecule has 1 aromatic carbocycles. The van der Waals surface area contributed by atoms with Gasteiger partial charge in [0.1, 0.15) is 0 Å². The predicted octanol–water partition coefficient (Wildman–Crippen LogP) is 3.27. The molecule has 0 saturated carbocycles. The van der Waals surface area contributed by atoms with Crippen LogP contribution >= 0.6 is 0 Å². The fourth-order valence-electron chi connectivity index (χ4n) is 4.90. The van der Waals surface area contributed by atoms with Gasteiger partial charge in [-0.3, -0.25) is 14.7 Å². The number of nitrogens with zero attached hydrogens (tertiary/aromatic N) is 4. The van der Waals surface area contributed by atoms with Crippen molar-refractivity contribution < 1.29 is 9.59 Å². The van der Waals surface area contributed by atoms with Crippen LogP contribution in [0.15, 0.2) is 36.5 Å². The van der Waals surface area contributed by atoms with Crippen LogP contribution in [0, 0.1) is 0 Å². The summed E-state index contributed by atoms with van der Waals surface area (Å²) >= 11 is 0. The van der Waals surface area contributed by atoms with Crippen LogP contribution in [-0.2, 0) is 4.79 Å². The van der Waals surface area contributed by atoms with Crippen LogP contribution < -0.4 is 4.90 Å². The molecule has 2 atom stereocenters. The van der Waals surface area contributed by atoms with Gasteiger partial charge in [-0.2, -0.15) is 5.10 Å². The summed E-state index contributed by atoms with van der Waals surface area (Å²) in [7, 11) is 3.91. The molecule has 7 nitrogen and oxygen atoms in total. The Kier molecular flexibility index (Phi) is 6.70. The molecule has 0 unspecified atom stereocenters. The van der Waals surface area contributed by atoms with Gasteiger partial charge in [0, 0.05) is 44.2 Å². The van der Waals surface area contributed by atoms with E-state index in [9.17, 15) is 9.59 Å². The lowest BCUT2D eigenvalue weighted by atomic mass is 9.91. The number of para-hydroxylation sites is 1. The summed E-state index contributed by atoms with van der Waals surface area (Å²) in [6.45, 7) is 2.52. The molecular formula is C24H33N5O2. The minimum Gasteiger partial charge on any atom is -0.342 e. The number of H-pyrrole nitrogens is 1. The van der Waals surface area contributed by atoms with Crippen molar-refractivity contribution in [1.82, 2.24) is 20.0 Å². The number of carbonyl (C=O) groups is 2. The molecule has 31 heavy (non-hydrogen) atoms. The normalized spacial score (nSPS) is 22.3. The Morgan fingerprint density at radius 3 is 2.71 bits per heavy atom. The topological polar surface area (TPSA) is 72.5 Å². The maximum absolute atomic E-state index is 13.2. The second-order valence-electron chi connectivity index (χ2n) is 8.91. The molecule has 2 aromatic rings. The number of hydrogen-bond donors (Lipinski definition) is 1. The summed E-state index contributed by atoms with van der Waals surface area (Å²) in [5, 5.41) is 7.25. The number of rotatable bonds is 5. The molecule has 2 aliphatic heterocycles. The fraction of sp³-hybridized carbons (Fsp3) is 0.542. The van der Waals surface area contributed by atoms with Crippen molar-refractivity contribution in [3.63, 3.8) is 0 Å². The number of hydrogen-bond acceptors (Lipinski definition) is 4. The minimum atomic E-state index is -0.0813. The highest BCUT2D eigenvalue weighted by Crippen LogP contribution is 2.30. The number of carbonyl (C=O) groups excluding carboxylic acids is 2. The molecule has 1 aromatic heterocycles. The quantitative estimate of drug-likeness (QED) is 0.801. The average Bonchev–Trinajstić information content (AvgIpc) is 3.30. The highest BCUT2D eigenvalue weighted by Gasteiger charge is 2.31. The van der Waals surface area contributed by atoms with E-state index < -0.39 is 0 Å². The van der Waals surface area contributed by atoms with E-state index in [-0.39, 0.29) is 17.7 Å². The maximum Gasteiger partial charge on any atom is 0.261 e. The van der Waals surface area contributed by atoms with Gasteiger partial charge in [-0.05, 0) is 51.4 Å². The van der Waals surface area contributed by atoms with Gasteiger partial charge in [0.05, 0.1) is 17.5 Å². The minimum absolute atomic E-state index is 0.0813. The smallest absolute Gasteiger partial charge is 0.261 e. The van der Waals surface area contributed by atoms with Gasteiger partial charge in [0.15, 0.2) is 0 Å². The highest BCUT2D eigenvalue weighted by molar-refractivity contribution is 6.06. The molecule has 0 spiro atoms. The van der Waals surface area contributed by atoms with E-state index in [0.29, 0.717) is 24.6 Å². The lowest BCUT2D eigenvalue weighted by Gasteiger charge is -2.36. The number of nitrogens with one attached hydrogen (secondary N) is 1. The fourth-order valence-corrected chi connectivity index (χ4v) is 4.90. The molecule has 0 radical (unpaired) electrons. The Morgan fingerprint density at radius 1 is 1.13 bits per heavy atom. The van der Waals surface area contributed by atoms with Crippen molar-refractivity contribution >= 4 is 17.5 Å². The Balaban J connectivity index is 1.44. The number of aromatic amines is 1. The summed E-state index contributed by atoms with van der Waals surface area (Å²) in [5.41, 5.74) is 2.29. The molecule has 4 rings (SSSR count). The summed E-state index contributed by atoms with van der Waals surface area (Å²) < 4.78 is 0. The Morgan fingerprint density at radius 2 is 1.94 bits per heavy atom. The molecule has 0 aliphatic carbocycles. The van der Waals surface area contributed by atoms with Gasteiger partial charge in [-0.1, -0.05) is 24.6 Å². The summed E-state index contributed by atoms with van der Waals surface area (Å²) in [6.07, 6.45) is 7.64. The number of likely N-dealkylation sites (tertiary alicyclic amines) is 2. The van der Waals surface area contributed by atoms with E-state index in [4.69, 9.17) is 0 Å². The van der Waals surface area contributed by atoms with E-state index >= 15 is 0 Å². The van der Waals surface area contributed by atoms with Crippen molar-refractivity contribution in [1.29, 1.82) is 0 Å². The highest BCUT2D eigenvalue weighted by atomic mass is 16.2. The standard InChI is InChI=1S/C24H33N5O2/c1-27-13-7-6-12-20(27)15-22(30)29-14-8-9-18(17-29)23-21(16-25-26-23)24(31)28(2)19-10-4-3-5-11-19/h3-5,10-11,16,18,20H,6-9,12-15,17H2,1-2H3,(H,25,26)/t18-,20-/m0/s1. The lowest BCUT2D eigenvalue weighted by molar-refractivity contribution is -0.134. The van der Waals surface area contributed by atoms with E-state index in [1.807, 2.05) is 35.2 Å². The zero-order chi connectivity index (χ0) is 21.8. The van der Waals surface area contributed by atoms with Gasteiger partial charge in [0.25, 0.3) is 5.91 Å². The van der Waals surface area contributed by atoms with Crippen molar-refractivity contribution in [2.24, 2.45) is 0 Å². The Bertz CT molecular complexity index is 896. The number of aromatic nitrogens is 2.